The van der Waals surface area contributed by atoms with Crippen LogP contribution in [0.3, 0.4) is 0 Å². The SMILES string of the molecule is CCN(CC)C(C#N)c1ccc2c(c1)CCO2. The van der Waals surface area contributed by atoms with Gasteiger partial charge in [0, 0.05) is 6.42 Å². The van der Waals surface area contributed by atoms with Crippen molar-refractivity contribution in [3.8, 4) is 11.8 Å². The lowest BCUT2D eigenvalue weighted by atomic mass is 10.0. The number of hydrogen-bond donors (Lipinski definition) is 0. The van der Waals surface area contributed by atoms with Gasteiger partial charge in [0.1, 0.15) is 11.8 Å². The van der Waals surface area contributed by atoms with Crippen molar-refractivity contribution in [2.24, 2.45) is 0 Å². The molecular formula is C14H18N2O. The van der Waals surface area contributed by atoms with Gasteiger partial charge in [-0.1, -0.05) is 19.9 Å². The summed E-state index contributed by atoms with van der Waals surface area (Å²) in [5, 5.41) is 9.34. The van der Waals surface area contributed by atoms with Gasteiger partial charge in [-0.2, -0.15) is 5.26 Å². The molecule has 1 aliphatic rings. The fourth-order valence-electron chi connectivity index (χ4n) is 2.33. The van der Waals surface area contributed by atoms with Crippen molar-refractivity contribution >= 4 is 0 Å². The van der Waals surface area contributed by atoms with Crippen molar-refractivity contribution in [2.75, 3.05) is 19.7 Å². The van der Waals surface area contributed by atoms with E-state index in [2.05, 4.69) is 30.9 Å². The number of nitrogens with zero attached hydrogens (tertiary/aromatic N) is 2. The summed E-state index contributed by atoms with van der Waals surface area (Å²) >= 11 is 0. The molecule has 1 heterocycles. The molecule has 0 aromatic heterocycles. The fourth-order valence-corrected chi connectivity index (χ4v) is 2.33. The second kappa shape index (κ2) is 5.20. The van der Waals surface area contributed by atoms with Crippen molar-refractivity contribution in [2.45, 2.75) is 26.3 Å². The van der Waals surface area contributed by atoms with Gasteiger partial charge >= 0.3 is 0 Å². The van der Waals surface area contributed by atoms with Crippen LogP contribution in [-0.4, -0.2) is 24.6 Å². The number of nitriles is 1. The lowest BCUT2D eigenvalue weighted by Crippen LogP contribution is -2.27. The van der Waals surface area contributed by atoms with Gasteiger partial charge in [0.05, 0.1) is 12.7 Å². The second-order valence-corrected chi connectivity index (χ2v) is 4.22. The third kappa shape index (κ3) is 2.27. The first kappa shape index (κ1) is 11.9. The Bertz CT molecular complexity index is 432. The molecule has 90 valence electrons. The van der Waals surface area contributed by atoms with Crippen molar-refractivity contribution in [1.82, 2.24) is 4.90 Å². The van der Waals surface area contributed by atoms with Crippen LogP contribution < -0.4 is 4.74 Å². The van der Waals surface area contributed by atoms with Gasteiger partial charge in [0.25, 0.3) is 0 Å². The Balaban J connectivity index is 2.29. The van der Waals surface area contributed by atoms with E-state index in [0.29, 0.717) is 0 Å². The molecule has 17 heavy (non-hydrogen) atoms. The van der Waals surface area contributed by atoms with E-state index in [1.165, 1.54) is 5.56 Å². The van der Waals surface area contributed by atoms with E-state index >= 15 is 0 Å². The quantitative estimate of drug-likeness (QED) is 0.797. The van der Waals surface area contributed by atoms with Crippen molar-refractivity contribution in [1.29, 1.82) is 5.26 Å². The van der Waals surface area contributed by atoms with Crippen molar-refractivity contribution in [3.05, 3.63) is 29.3 Å². The first-order chi connectivity index (χ1) is 8.30. The maximum absolute atomic E-state index is 9.34. The van der Waals surface area contributed by atoms with E-state index in [1.807, 2.05) is 12.1 Å². The predicted octanol–water partition coefficient (Wildman–Crippen LogP) is 2.53. The third-order valence-corrected chi connectivity index (χ3v) is 3.33. The first-order valence-corrected chi connectivity index (χ1v) is 6.19. The summed E-state index contributed by atoms with van der Waals surface area (Å²) in [7, 11) is 0. The number of ether oxygens (including phenoxy) is 1. The predicted molar refractivity (Wildman–Crippen MR) is 66.9 cm³/mol. The molecule has 0 radical (unpaired) electrons. The van der Waals surface area contributed by atoms with Crippen LogP contribution in [0.15, 0.2) is 18.2 Å². The zero-order valence-electron chi connectivity index (χ0n) is 10.4. The molecule has 1 aromatic rings. The van der Waals surface area contributed by atoms with Crippen LogP contribution in [0.5, 0.6) is 5.75 Å². The standard InChI is InChI=1S/C14H18N2O/c1-3-16(4-2)13(10-15)11-5-6-14-12(9-11)7-8-17-14/h5-6,9,13H,3-4,7-8H2,1-2H3. The van der Waals surface area contributed by atoms with Gasteiger partial charge in [-0.25, -0.2) is 0 Å². The third-order valence-electron chi connectivity index (χ3n) is 3.33. The van der Waals surface area contributed by atoms with Crippen LogP contribution >= 0.6 is 0 Å². The van der Waals surface area contributed by atoms with E-state index < -0.39 is 0 Å². The molecule has 0 amide bonds. The zero-order valence-corrected chi connectivity index (χ0v) is 10.4. The summed E-state index contributed by atoms with van der Waals surface area (Å²) in [6.07, 6.45) is 0.958. The van der Waals surface area contributed by atoms with Gasteiger partial charge in [0.15, 0.2) is 0 Å². The molecule has 3 nitrogen and oxygen atoms in total. The van der Waals surface area contributed by atoms with Gasteiger partial charge < -0.3 is 4.74 Å². The van der Waals surface area contributed by atoms with Gasteiger partial charge in [0.2, 0.25) is 0 Å². The topological polar surface area (TPSA) is 36.3 Å². The fraction of sp³-hybridized carbons (Fsp3) is 0.500. The highest BCUT2D eigenvalue weighted by molar-refractivity contribution is 5.41. The summed E-state index contributed by atoms with van der Waals surface area (Å²) < 4.78 is 5.48. The molecule has 1 aliphatic heterocycles. The minimum Gasteiger partial charge on any atom is -0.493 e. The molecule has 0 aliphatic carbocycles. The molecule has 0 saturated carbocycles. The average molecular weight is 230 g/mol. The molecule has 1 atom stereocenters. The monoisotopic (exact) mass is 230 g/mol. The molecule has 0 saturated heterocycles. The number of hydrogen-bond acceptors (Lipinski definition) is 3. The Hall–Kier alpha value is -1.53. The van der Waals surface area contributed by atoms with Crippen LogP contribution in [-0.2, 0) is 6.42 Å². The normalized spacial score (nSPS) is 15.2. The molecule has 0 N–H and O–H groups in total. The van der Waals surface area contributed by atoms with Gasteiger partial charge in [-0.15, -0.1) is 0 Å². The Morgan fingerprint density at radius 2 is 2.18 bits per heavy atom. The van der Waals surface area contributed by atoms with E-state index in [4.69, 9.17) is 4.74 Å². The average Bonchev–Trinajstić information content (AvgIpc) is 2.82. The summed E-state index contributed by atoms with van der Waals surface area (Å²) in [6, 6.07) is 8.38. The lowest BCUT2D eigenvalue weighted by molar-refractivity contribution is 0.262. The molecule has 1 unspecified atom stereocenters. The smallest absolute Gasteiger partial charge is 0.123 e. The van der Waals surface area contributed by atoms with E-state index in [0.717, 1.165) is 37.4 Å². The molecule has 1 aromatic carbocycles. The maximum atomic E-state index is 9.34. The Morgan fingerprint density at radius 3 is 2.82 bits per heavy atom. The molecule has 0 spiro atoms. The van der Waals surface area contributed by atoms with Crippen LogP contribution in [0.25, 0.3) is 0 Å². The summed E-state index contributed by atoms with van der Waals surface area (Å²) in [4.78, 5) is 2.16. The van der Waals surface area contributed by atoms with Crippen molar-refractivity contribution in [3.63, 3.8) is 0 Å². The highest BCUT2D eigenvalue weighted by Crippen LogP contribution is 2.29. The van der Waals surface area contributed by atoms with Crippen LogP contribution in [0.4, 0.5) is 0 Å². The van der Waals surface area contributed by atoms with Crippen molar-refractivity contribution < 1.29 is 4.74 Å². The van der Waals surface area contributed by atoms with E-state index in [-0.39, 0.29) is 6.04 Å². The Kier molecular flexibility index (Phi) is 3.65. The van der Waals surface area contributed by atoms with Crippen LogP contribution in [0.2, 0.25) is 0 Å². The number of benzene rings is 1. The lowest BCUT2D eigenvalue weighted by Gasteiger charge is -2.24. The summed E-state index contributed by atoms with van der Waals surface area (Å²) in [5.41, 5.74) is 2.32. The van der Waals surface area contributed by atoms with Gasteiger partial charge in [-0.05, 0) is 36.3 Å². The van der Waals surface area contributed by atoms with Crippen LogP contribution in [0, 0.1) is 11.3 Å². The molecule has 2 rings (SSSR count). The second-order valence-electron chi connectivity index (χ2n) is 4.22. The molecule has 0 fully saturated rings. The minimum absolute atomic E-state index is 0.143. The Morgan fingerprint density at radius 1 is 1.41 bits per heavy atom. The molecular weight excluding hydrogens is 212 g/mol. The largest absolute Gasteiger partial charge is 0.493 e. The highest BCUT2D eigenvalue weighted by atomic mass is 16.5. The molecule has 3 heteroatoms. The van der Waals surface area contributed by atoms with E-state index in [9.17, 15) is 5.26 Å². The molecule has 0 bridgehead atoms. The maximum Gasteiger partial charge on any atom is 0.123 e. The highest BCUT2D eigenvalue weighted by Gasteiger charge is 2.20. The zero-order chi connectivity index (χ0) is 12.3. The number of rotatable bonds is 4. The summed E-state index contributed by atoms with van der Waals surface area (Å²) in [5.74, 6) is 0.977. The number of fused-ring (bicyclic) bond motifs is 1. The first-order valence-electron chi connectivity index (χ1n) is 6.19. The van der Waals surface area contributed by atoms with Gasteiger partial charge in [-0.3, -0.25) is 4.90 Å². The van der Waals surface area contributed by atoms with Crippen LogP contribution in [0.1, 0.15) is 31.0 Å². The van der Waals surface area contributed by atoms with E-state index in [1.54, 1.807) is 0 Å². The minimum atomic E-state index is -0.143. The Labute approximate surface area is 103 Å². The summed E-state index contributed by atoms with van der Waals surface area (Å²) in [6.45, 7) is 6.72.